The van der Waals surface area contributed by atoms with Gasteiger partial charge in [-0.15, -0.1) is 0 Å². The number of benzene rings is 1. The van der Waals surface area contributed by atoms with Gasteiger partial charge in [0.1, 0.15) is 5.82 Å². The Hall–Kier alpha value is -1.91. The molecular weight excluding hydrogens is 401 g/mol. The SMILES string of the molecule is CC1(C)C(C2=NN(C(=O)N[C@H]3CC4CCC3(C)C4(C)C)CC2c2ccccc2F)C1(C)C. The Labute approximate surface area is 192 Å². The van der Waals surface area contributed by atoms with Crippen LogP contribution in [0.5, 0.6) is 0 Å². The Morgan fingerprint density at radius 3 is 2.25 bits per heavy atom. The summed E-state index contributed by atoms with van der Waals surface area (Å²) in [6, 6.07) is 6.99. The van der Waals surface area contributed by atoms with Crippen LogP contribution in [-0.2, 0) is 0 Å². The average Bonchev–Trinajstić information content (AvgIpc) is 3.06. The first-order chi connectivity index (χ1) is 14.8. The number of urea groups is 1. The lowest BCUT2D eigenvalue weighted by atomic mass is 9.69. The Bertz CT molecular complexity index is 982. The molecule has 1 aromatic carbocycles. The molecule has 3 aliphatic carbocycles. The van der Waals surface area contributed by atoms with E-state index >= 15 is 0 Å². The standard InChI is InChI=1S/C27H38FN3O/c1-24(2)16-12-13-27(24,7)20(14-16)29-23(32)31-15-18(17-10-8-9-11-19(17)28)21(30-31)22-25(3,4)26(22,5)6/h8-11,16,18,20,22H,12-15H2,1-7H3,(H,29,32)/t16?,18?,20-,27?/m0/s1. The summed E-state index contributed by atoms with van der Waals surface area (Å²) in [5.41, 5.74) is 2.11. The van der Waals surface area contributed by atoms with Crippen LogP contribution in [0, 0.1) is 39.3 Å². The maximum absolute atomic E-state index is 14.8. The molecule has 0 spiro atoms. The number of amides is 2. The van der Waals surface area contributed by atoms with Gasteiger partial charge in [-0.05, 0) is 58.5 Å². The van der Waals surface area contributed by atoms with Crippen molar-refractivity contribution in [2.45, 2.75) is 79.7 Å². The highest BCUT2D eigenvalue weighted by Crippen LogP contribution is 2.70. The quantitative estimate of drug-likeness (QED) is 0.600. The second-order valence-electron chi connectivity index (χ2n) is 12.7. The van der Waals surface area contributed by atoms with Gasteiger partial charge in [0.2, 0.25) is 0 Å². The summed E-state index contributed by atoms with van der Waals surface area (Å²) >= 11 is 0. The Kier molecular flexibility index (Phi) is 4.50. The molecule has 4 atom stereocenters. The van der Waals surface area contributed by atoms with Crippen LogP contribution < -0.4 is 5.32 Å². The van der Waals surface area contributed by atoms with Crippen LogP contribution in [0.25, 0.3) is 0 Å². The molecule has 3 saturated carbocycles. The zero-order valence-electron chi connectivity index (χ0n) is 20.6. The van der Waals surface area contributed by atoms with E-state index in [1.54, 1.807) is 11.1 Å². The summed E-state index contributed by atoms with van der Waals surface area (Å²) in [6.45, 7) is 16.4. The van der Waals surface area contributed by atoms with Crippen LogP contribution in [0.2, 0.25) is 0 Å². The molecular formula is C27H38FN3O. The number of carbonyl (C=O) groups is 1. The van der Waals surface area contributed by atoms with Crippen molar-refractivity contribution in [3.8, 4) is 0 Å². The van der Waals surface area contributed by atoms with Crippen LogP contribution in [0.15, 0.2) is 29.4 Å². The summed E-state index contributed by atoms with van der Waals surface area (Å²) in [6.07, 6.45) is 3.45. The smallest absolute Gasteiger partial charge is 0.333 e. The number of halogens is 1. The van der Waals surface area contributed by atoms with Crippen molar-refractivity contribution in [2.24, 2.45) is 38.6 Å². The molecule has 1 heterocycles. The van der Waals surface area contributed by atoms with E-state index in [1.807, 2.05) is 12.1 Å². The van der Waals surface area contributed by atoms with Crippen molar-refractivity contribution in [3.05, 3.63) is 35.6 Å². The Morgan fingerprint density at radius 1 is 1.06 bits per heavy atom. The Balaban J connectivity index is 1.42. The summed E-state index contributed by atoms with van der Waals surface area (Å²) < 4.78 is 14.8. The van der Waals surface area contributed by atoms with Gasteiger partial charge in [0.25, 0.3) is 0 Å². The van der Waals surface area contributed by atoms with Crippen molar-refractivity contribution in [3.63, 3.8) is 0 Å². The molecule has 5 heteroatoms. The molecule has 1 aliphatic heterocycles. The first-order valence-electron chi connectivity index (χ1n) is 12.2. The first-order valence-corrected chi connectivity index (χ1v) is 12.2. The maximum atomic E-state index is 14.8. The summed E-state index contributed by atoms with van der Waals surface area (Å²) in [5, 5.41) is 9.80. The van der Waals surface area contributed by atoms with Gasteiger partial charge in [0.05, 0.1) is 12.3 Å². The average molecular weight is 440 g/mol. The van der Waals surface area contributed by atoms with Crippen LogP contribution >= 0.6 is 0 Å². The highest BCUT2D eigenvalue weighted by atomic mass is 19.1. The van der Waals surface area contributed by atoms with Gasteiger partial charge in [-0.25, -0.2) is 14.2 Å². The molecule has 5 rings (SSSR count). The first kappa shape index (κ1) is 21.9. The predicted octanol–water partition coefficient (Wildman–Crippen LogP) is 6.19. The summed E-state index contributed by atoms with van der Waals surface area (Å²) in [7, 11) is 0. The number of hydrogen-bond acceptors (Lipinski definition) is 2. The molecule has 174 valence electrons. The van der Waals surface area contributed by atoms with Crippen molar-refractivity contribution in [1.29, 1.82) is 0 Å². The zero-order chi connectivity index (χ0) is 23.3. The van der Waals surface area contributed by atoms with E-state index in [9.17, 15) is 9.18 Å². The molecule has 2 amide bonds. The van der Waals surface area contributed by atoms with Crippen LogP contribution in [0.1, 0.15) is 79.2 Å². The van der Waals surface area contributed by atoms with Crippen molar-refractivity contribution >= 4 is 11.7 Å². The molecule has 3 fully saturated rings. The minimum Gasteiger partial charge on any atom is -0.333 e. The molecule has 32 heavy (non-hydrogen) atoms. The molecule has 1 N–H and O–H groups in total. The fraction of sp³-hybridized carbons (Fsp3) is 0.704. The van der Waals surface area contributed by atoms with Crippen LogP contribution in [0.3, 0.4) is 0 Å². The number of rotatable bonds is 3. The maximum Gasteiger partial charge on any atom is 0.338 e. The van der Waals surface area contributed by atoms with Crippen LogP contribution in [-0.4, -0.2) is 29.3 Å². The third-order valence-electron chi connectivity index (χ3n) is 10.9. The minimum absolute atomic E-state index is 0.0733. The predicted molar refractivity (Wildman–Crippen MR) is 126 cm³/mol. The third-order valence-corrected chi connectivity index (χ3v) is 10.9. The third kappa shape index (κ3) is 2.72. The monoisotopic (exact) mass is 439 g/mol. The van der Waals surface area contributed by atoms with Gasteiger partial charge in [-0.1, -0.05) is 66.7 Å². The lowest BCUT2D eigenvalue weighted by Crippen LogP contribution is -2.50. The highest BCUT2D eigenvalue weighted by molar-refractivity contribution is 5.99. The summed E-state index contributed by atoms with van der Waals surface area (Å²) in [4.78, 5) is 13.4. The van der Waals surface area contributed by atoms with Gasteiger partial charge >= 0.3 is 6.03 Å². The normalized spacial score (nSPS) is 36.3. The van der Waals surface area contributed by atoms with Gasteiger partial charge < -0.3 is 5.32 Å². The molecule has 4 nitrogen and oxygen atoms in total. The molecule has 0 saturated heterocycles. The second-order valence-corrected chi connectivity index (χ2v) is 12.7. The zero-order valence-corrected chi connectivity index (χ0v) is 20.6. The van der Waals surface area contributed by atoms with Crippen molar-refractivity contribution in [1.82, 2.24) is 10.3 Å². The van der Waals surface area contributed by atoms with E-state index in [0.29, 0.717) is 18.0 Å². The minimum atomic E-state index is -0.217. The van der Waals surface area contributed by atoms with Crippen LogP contribution in [0.4, 0.5) is 9.18 Å². The fourth-order valence-electron chi connectivity index (χ4n) is 7.50. The topological polar surface area (TPSA) is 44.7 Å². The van der Waals surface area contributed by atoms with Gasteiger partial charge in [0.15, 0.2) is 0 Å². The number of hydrogen-bond donors (Lipinski definition) is 1. The van der Waals surface area contributed by atoms with Gasteiger partial charge in [-0.2, -0.15) is 5.10 Å². The Morgan fingerprint density at radius 2 is 1.72 bits per heavy atom. The highest BCUT2D eigenvalue weighted by Gasteiger charge is 2.68. The second kappa shape index (κ2) is 6.57. The number of fused-ring (bicyclic) bond motifs is 2. The number of nitrogens with one attached hydrogen (secondary N) is 1. The lowest BCUT2D eigenvalue weighted by Gasteiger charge is -2.39. The molecule has 3 unspecified atom stereocenters. The van der Waals surface area contributed by atoms with E-state index < -0.39 is 0 Å². The molecule has 0 aromatic heterocycles. The van der Waals surface area contributed by atoms with Gasteiger partial charge in [0, 0.05) is 17.9 Å². The van der Waals surface area contributed by atoms with E-state index in [2.05, 4.69) is 53.8 Å². The number of hydrazone groups is 1. The fourth-order valence-corrected chi connectivity index (χ4v) is 7.50. The van der Waals surface area contributed by atoms with Crippen molar-refractivity contribution < 1.29 is 9.18 Å². The van der Waals surface area contributed by atoms with E-state index in [4.69, 9.17) is 5.10 Å². The molecule has 1 aromatic rings. The molecule has 4 aliphatic rings. The van der Waals surface area contributed by atoms with E-state index in [-0.39, 0.29) is 51.4 Å². The number of nitrogens with zero attached hydrogens (tertiary/aromatic N) is 2. The molecule has 0 radical (unpaired) electrons. The molecule has 2 bridgehead atoms. The summed E-state index contributed by atoms with van der Waals surface area (Å²) in [5.74, 6) is 0.483. The van der Waals surface area contributed by atoms with E-state index in [0.717, 1.165) is 18.6 Å². The largest absolute Gasteiger partial charge is 0.338 e. The van der Waals surface area contributed by atoms with E-state index in [1.165, 1.54) is 12.5 Å². The van der Waals surface area contributed by atoms with Gasteiger partial charge in [-0.3, -0.25) is 0 Å². The van der Waals surface area contributed by atoms with Crippen molar-refractivity contribution in [2.75, 3.05) is 6.54 Å². The lowest BCUT2D eigenvalue weighted by molar-refractivity contribution is 0.118. The number of carbonyl (C=O) groups excluding carboxylic acids is 1.